The highest BCUT2D eigenvalue weighted by Crippen LogP contribution is 2.33. The Balaban J connectivity index is 2.13. The second-order valence-corrected chi connectivity index (χ2v) is 4.99. The van der Waals surface area contributed by atoms with E-state index in [0.29, 0.717) is 6.04 Å². The van der Waals surface area contributed by atoms with E-state index in [4.69, 9.17) is 0 Å². The summed E-state index contributed by atoms with van der Waals surface area (Å²) < 4.78 is 2.43. The van der Waals surface area contributed by atoms with E-state index in [-0.39, 0.29) is 0 Å². The van der Waals surface area contributed by atoms with Gasteiger partial charge < -0.3 is 4.57 Å². The molecule has 19 heavy (non-hydrogen) atoms. The van der Waals surface area contributed by atoms with Crippen molar-refractivity contribution < 1.29 is 0 Å². The van der Waals surface area contributed by atoms with E-state index in [2.05, 4.69) is 77.4 Å². The Kier molecular flexibility index (Phi) is 2.31. The van der Waals surface area contributed by atoms with Crippen molar-refractivity contribution in [1.29, 1.82) is 0 Å². The molecule has 0 bridgehead atoms. The summed E-state index contributed by atoms with van der Waals surface area (Å²) in [5, 5.41) is 2.68. The number of fused-ring (bicyclic) bond motifs is 3. The first-order valence-electron chi connectivity index (χ1n) is 6.76. The quantitative estimate of drug-likeness (QED) is 0.540. The van der Waals surface area contributed by atoms with E-state index in [1.54, 1.807) is 0 Å². The number of rotatable bonds is 1. The molecule has 0 unspecified atom stereocenters. The average Bonchev–Trinajstić information content (AvgIpc) is 2.83. The van der Waals surface area contributed by atoms with Crippen molar-refractivity contribution >= 4 is 21.8 Å². The van der Waals surface area contributed by atoms with Gasteiger partial charge in [0.05, 0.1) is 6.04 Å². The summed E-state index contributed by atoms with van der Waals surface area (Å²) in [5.41, 5.74) is 2.62. The molecule has 0 amide bonds. The van der Waals surface area contributed by atoms with Crippen LogP contribution in [0.5, 0.6) is 0 Å². The summed E-state index contributed by atoms with van der Waals surface area (Å²) in [7, 11) is 0. The summed E-state index contributed by atoms with van der Waals surface area (Å²) in [6, 6.07) is 17.7. The maximum Gasteiger partial charge on any atom is 0.0706 e. The smallest absolute Gasteiger partial charge is 0.0706 e. The molecule has 2 aromatic carbocycles. The fourth-order valence-corrected chi connectivity index (χ4v) is 3.02. The van der Waals surface area contributed by atoms with Crippen LogP contribution >= 0.6 is 0 Å². The lowest BCUT2D eigenvalue weighted by Crippen LogP contribution is -2.04. The summed E-state index contributed by atoms with van der Waals surface area (Å²) in [4.78, 5) is 0. The zero-order chi connectivity index (χ0) is 12.7. The molecule has 3 aromatic rings. The van der Waals surface area contributed by atoms with Crippen molar-refractivity contribution in [3.05, 3.63) is 72.8 Å². The molecule has 0 saturated heterocycles. The average molecular weight is 245 g/mol. The van der Waals surface area contributed by atoms with Crippen LogP contribution in [0.2, 0.25) is 0 Å². The summed E-state index contributed by atoms with van der Waals surface area (Å²) in [6.07, 6.45) is 10.1. The van der Waals surface area contributed by atoms with E-state index in [1.807, 2.05) is 0 Å². The number of benzene rings is 2. The fourth-order valence-electron chi connectivity index (χ4n) is 3.02. The molecule has 0 fully saturated rings. The molecule has 1 aliphatic rings. The molecular formula is C18H15N. The van der Waals surface area contributed by atoms with E-state index >= 15 is 0 Å². The first kappa shape index (κ1) is 10.6. The van der Waals surface area contributed by atoms with Gasteiger partial charge in [-0.15, -0.1) is 0 Å². The molecule has 0 atom stereocenters. The van der Waals surface area contributed by atoms with Crippen LogP contribution in [0.1, 0.15) is 12.5 Å². The van der Waals surface area contributed by atoms with Gasteiger partial charge in [0, 0.05) is 21.8 Å². The van der Waals surface area contributed by atoms with Gasteiger partial charge in [-0.2, -0.15) is 0 Å². The fraction of sp³-hybridized carbons (Fsp3) is 0.111. The predicted octanol–water partition coefficient (Wildman–Crippen LogP) is 4.85. The Bertz CT molecular complexity index is 740. The molecule has 4 rings (SSSR count). The molecule has 1 aromatic heterocycles. The van der Waals surface area contributed by atoms with Crippen molar-refractivity contribution in [3.63, 3.8) is 0 Å². The molecular weight excluding hydrogens is 230 g/mol. The number of hydrogen-bond donors (Lipinski definition) is 0. The summed E-state index contributed by atoms with van der Waals surface area (Å²) >= 11 is 0. The number of allylic oxidation sites excluding steroid dienone is 4. The zero-order valence-corrected chi connectivity index (χ0v) is 10.7. The van der Waals surface area contributed by atoms with Gasteiger partial charge in [0.15, 0.2) is 0 Å². The summed E-state index contributed by atoms with van der Waals surface area (Å²) in [5.74, 6) is 0. The molecule has 0 saturated carbocycles. The van der Waals surface area contributed by atoms with Crippen LogP contribution in [0, 0.1) is 0 Å². The highest BCUT2D eigenvalue weighted by molar-refractivity contribution is 6.08. The molecule has 1 heterocycles. The number of nitrogens with zero attached hydrogens (tertiary/aromatic N) is 1. The summed E-state index contributed by atoms with van der Waals surface area (Å²) in [6.45, 7) is 0. The molecule has 0 radical (unpaired) electrons. The minimum Gasteiger partial charge on any atom is -0.330 e. The van der Waals surface area contributed by atoms with Gasteiger partial charge in [0.2, 0.25) is 0 Å². The lowest BCUT2D eigenvalue weighted by Gasteiger charge is -2.16. The monoisotopic (exact) mass is 245 g/mol. The van der Waals surface area contributed by atoms with Gasteiger partial charge in [-0.1, -0.05) is 60.7 Å². The van der Waals surface area contributed by atoms with E-state index in [9.17, 15) is 0 Å². The third kappa shape index (κ3) is 1.55. The van der Waals surface area contributed by atoms with Gasteiger partial charge in [0.25, 0.3) is 0 Å². The second-order valence-electron chi connectivity index (χ2n) is 4.99. The predicted molar refractivity (Wildman–Crippen MR) is 81.4 cm³/mol. The number of hydrogen-bond acceptors (Lipinski definition) is 0. The standard InChI is InChI=1S/C18H15N/c1-2-8-14(9-3-1)19-17-12-6-4-10-15(17)16-11-5-7-13-18(16)19/h2-14H,1H2. The topological polar surface area (TPSA) is 4.93 Å². The number of para-hydroxylation sites is 2. The lowest BCUT2D eigenvalue weighted by molar-refractivity contribution is 0.768. The van der Waals surface area contributed by atoms with Gasteiger partial charge in [-0.3, -0.25) is 0 Å². The molecule has 0 aliphatic heterocycles. The van der Waals surface area contributed by atoms with Gasteiger partial charge in [0.1, 0.15) is 0 Å². The largest absolute Gasteiger partial charge is 0.330 e. The molecule has 92 valence electrons. The Morgan fingerprint density at radius 1 is 0.737 bits per heavy atom. The van der Waals surface area contributed by atoms with Crippen LogP contribution in [0.15, 0.2) is 72.8 Å². The highest BCUT2D eigenvalue weighted by Gasteiger charge is 2.14. The maximum absolute atomic E-state index is 2.43. The molecule has 0 spiro atoms. The Hall–Kier alpha value is -2.28. The van der Waals surface area contributed by atoms with Crippen LogP contribution in [-0.4, -0.2) is 4.57 Å². The zero-order valence-electron chi connectivity index (χ0n) is 10.7. The van der Waals surface area contributed by atoms with Crippen LogP contribution in [0.3, 0.4) is 0 Å². The van der Waals surface area contributed by atoms with Crippen LogP contribution in [0.4, 0.5) is 0 Å². The van der Waals surface area contributed by atoms with E-state index in [0.717, 1.165) is 6.42 Å². The van der Waals surface area contributed by atoms with E-state index in [1.165, 1.54) is 21.8 Å². The van der Waals surface area contributed by atoms with Gasteiger partial charge >= 0.3 is 0 Å². The van der Waals surface area contributed by atoms with Crippen LogP contribution < -0.4 is 0 Å². The van der Waals surface area contributed by atoms with Gasteiger partial charge in [-0.05, 0) is 18.6 Å². The van der Waals surface area contributed by atoms with E-state index < -0.39 is 0 Å². The third-order valence-electron chi connectivity index (χ3n) is 3.85. The maximum atomic E-state index is 2.43. The highest BCUT2D eigenvalue weighted by atomic mass is 15.0. The second kappa shape index (κ2) is 4.13. The molecule has 1 heteroatoms. The number of aromatic nitrogens is 1. The minimum absolute atomic E-state index is 0.332. The molecule has 1 nitrogen and oxygen atoms in total. The van der Waals surface area contributed by atoms with Gasteiger partial charge in [-0.25, -0.2) is 0 Å². The van der Waals surface area contributed by atoms with Crippen molar-refractivity contribution in [2.75, 3.05) is 0 Å². The SMILES string of the molecule is C1=CC(n2c3ccccc3c3ccccc32)C=CC1. The van der Waals surface area contributed by atoms with Crippen LogP contribution in [0.25, 0.3) is 21.8 Å². The first-order chi connectivity index (χ1) is 9.45. The third-order valence-corrected chi connectivity index (χ3v) is 3.85. The normalized spacial score (nSPS) is 15.6. The Labute approximate surface area is 112 Å². The lowest BCUT2D eigenvalue weighted by atomic mass is 10.1. The first-order valence-corrected chi connectivity index (χ1v) is 6.76. The Morgan fingerprint density at radius 3 is 1.84 bits per heavy atom. The van der Waals surface area contributed by atoms with Crippen LogP contribution in [-0.2, 0) is 0 Å². The van der Waals surface area contributed by atoms with Crippen molar-refractivity contribution in [2.24, 2.45) is 0 Å². The van der Waals surface area contributed by atoms with Crippen molar-refractivity contribution in [1.82, 2.24) is 4.57 Å². The minimum atomic E-state index is 0.332. The Morgan fingerprint density at radius 2 is 1.26 bits per heavy atom. The van der Waals surface area contributed by atoms with Crippen molar-refractivity contribution in [3.8, 4) is 0 Å². The molecule has 1 aliphatic carbocycles. The molecule has 0 N–H and O–H groups in total. The van der Waals surface area contributed by atoms with Crippen molar-refractivity contribution in [2.45, 2.75) is 12.5 Å².